The summed E-state index contributed by atoms with van der Waals surface area (Å²) in [5.41, 5.74) is 1.85. The Kier molecular flexibility index (Phi) is 5.41. The summed E-state index contributed by atoms with van der Waals surface area (Å²) in [6.07, 6.45) is 1.82. The van der Waals surface area contributed by atoms with Crippen molar-refractivity contribution in [2.45, 2.75) is 25.4 Å². The fourth-order valence-corrected chi connectivity index (χ4v) is 3.71. The lowest BCUT2D eigenvalue weighted by Crippen LogP contribution is -2.34. The molecule has 0 spiro atoms. The van der Waals surface area contributed by atoms with Crippen molar-refractivity contribution >= 4 is 5.91 Å². The molecule has 0 N–H and O–H groups in total. The SMILES string of the molecule is COc1ccc(C2CCCN2C(=O)Cn2nnc(-c3ccccc3)n2)c(OC)c1. The average Bonchev–Trinajstić information content (AvgIpc) is 3.43. The number of benzene rings is 2. The summed E-state index contributed by atoms with van der Waals surface area (Å²) in [6, 6.07) is 15.3. The fraction of sp³-hybridized carbons (Fsp3) is 0.333. The Morgan fingerprint density at radius 3 is 2.72 bits per heavy atom. The Balaban J connectivity index is 1.51. The van der Waals surface area contributed by atoms with Gasteiger partial charge in [-0.3, -0.25) is 4.79 Å². The maximum atomic E-state index is 13.0. The van der Waals surface area contributed by atoms with Gasteiger partial charge in [0.25, 0.3) is 0 Å². The lowest BCUT2D eigenvalue weighted by atomic mass is 10.0. The minimum absolute atomic E-state index is 0.0395. The Bertz CT molecular complexity index is 989. The van der Waals surface area contributed by atoms with Crippen LogP contribution in [0.3, 0.4) is 0 Å². The molecular weight excluding hydrogens is 370 g/mol. The average molecular weight is 393 g/mol. The van der Waals surface area contributed by atoms with Gasteiger partial charge in [-0.1, -0.05) is 30.3 Å². The summed E-state index contributed by atoms with van der Waals surface area (Å²) in [7, 11) is 3.25. The zero-order valence-electron chi connectivity index (χ0n) is 16.5. The fourth-order valence-electron chi connectivity index (χ4n) is 3.71. The predicted octanol–water partition coefficient (Wildman–Crippen LogP) is 2.72. The topological polar surface area (TPSA) is 82.4 Å². The molecule has 3 aromatic rings. The van der Waals surface area contributed by atoms with Crippen LogP contribution in [0.2, 0.25) is 0 Å². The van der Waals surface area contributed by atoms with Crippen LogP contribution in [0.4, 0.5) is 0 Å². The van der Waals surface area contributed by atoms with E-state index in [4.69, 9.17) is 9.47 Å². The highest BCUT2D eigenvalue weighted by molar-refractivity contribution is 5.77. The molecule has 0 saturated carbocycles. The first kappa shape index (κ1) is 18.9. The van der Waals surface area contributed by atoms with Crippen LogP contribution in [-0.2, 0) is 11.3 Å². The van der Waals surface area contributed by atoms with Gasteiger partial charge < -0.3 is 14.4 Å². The molecule has 1 aliphatic heterocycles. The second-order valence-electron chi connectivity index (χ2n) is 6.86. The van der Waals surface area contributed by atoms with Crippen LogP contribution in [0, 0.1) is 0 Å². The highest BCUT2D eigenvalue weighted by atomic mass is 16.5. The maximum absolute atomic E-state index is 13.0. The molecule has 2 heterocycles. The van der Waals surface area contributed by atoms with Crippen molar-refractivity contribution in [3.05, 3.63) is 54.1 Å². The molecule has 1 aliphatic rings. The van der Waals surface area contributed by atoms with Crippen LogP contribution in [0.5, 0.6) is 11.5 Å². The molecule has 1 fully saturated rings. The van der Waals surface area contributed by atoms with E-state index in [1.54, 1.807) is 14.2 Å². The molecule has 1 saturated heterocycles. The van der Waals surface area contributed by atoms with Gasteiger partial charge in [0.2, 0.25) is 11.7 Å². The Labute approximate surface area is 169 Å². The van der Waals surface area contributed by atoms with E-state index in [-0.39, 0.29) is 18.5 Å². The zero-order chi connectivity index (χ0) is 20.2. The van der Waals surface area contributed by atoms with Crippen LogP contribution in [0.15, 0.2) is 48.5 Å². The first-order valence-electron chi connectivity index (χ1n) is 9.54. The van der Waals surface area contributed by atoms with Crippen molar-refractivity contribution in [2.24, 2.45) is 0 Å². The quantitative estimate of drug-likeness (QED) is 0.640. The number of nitrogens with zero attached hydrogens (tertiary/aromatic N) is 5. The number of aromatic nitrogens is 4. The van der Waals surface area contributed by atoms with Crippen LogP contribution < -0.4 is 9.47 Å². The molecule has 0 aliphatic carbocycles. The minimum atomic E-state index is -0.0412. The van der Waals surface area contributed by atoms with Gasteiger partial charge in [-0.05, 0) is 30.2 Å². The Morgan fingerprint density at radius 1 is 1.14 bits per heavy atom. The summed E-state index contributed by atoms with van der Waals surface area (Å²) in [5, 5.41) is 12.5. The monoisotopic (exact) mass is 393 g/mol. The highest BCUT2D eigenvalue weighted by Gasteiger charge is 2.32. The van der Waals surface area contributed by atoms with E-state index in [9.17, 15) is 4.79 Å². The molecular formula is C21H23N5O3. The minimum Gasteiger partial charge on any atom is -0.497 e. The second-order valence-corrected chi connectivity index (χ2v) is 6.86. The van der Waals surface area contributed by atoms with Crippen molar-refractivity contribution in [1.82, 2.24) is 25.1 Å². The number of hydrogen-bond donors (Lipinski definition) is 0. The van der Waals surface area contributed by atoms with E-state index in [1.165, 1.54) is 4.80 Å². The van der Waals surface area contributed by atoms with Crippen LogP contribution >= 0.6 is 0 Å². The van der Waals surface area contributed by atoms with Crippen molar-refractivity contribution in [3.63, 3.8) is 0 Å². The largest absolute Gasteiger partial charge is 0.497 e. The molecule has 1 atom stereocenters. The number of hydrogen-bond acceptors (Lipinski definition) is 6. The number of likely N-dealkylation sites (tertiary alicyclic amines) is 1. The zero-order valence-corrected chi connectivity index (χ0v) is 16.5. The van der Waals surface area contributed by atoms with E-state index >= 15 is 0 Å². The van der Waals surface area contributed by atoms with E-state index in [1.807, 2.05) is 53.4 Å². The third-order valence-electron chi connectivity index (χ3n) is 5.13. The van der Waals surface area contributed by atoms with Crippen LogP contribution in [0.1, 0.15) is 24.4 Å². The summed E-state index contributed by atoms with van der Waals surface area (Å²) in [6.45, 7) is 0.744. The van der Waals surface area contributed by atoms with Crippen LogP contribution in [0.25, 0.3) is 11.4 Å². The number of tetrazole rings is 1. The van der Waals surface area contributed by atoms with E-state index in [0.717, 1.165) is 35.5 Å². The number of amides is 1. The molecule has 1 unspecified atom stereocenters. The Morgan fingerprint density at radius 2 is 1.97 bits per heavy atom. The lowest BCUT2D eigenvalue weighted by Gasteiger charge is -2.26. The number of carbonyl (C=O) groups excluding carboxylic acids is 1. The first-order chi connectivity index (χ1) is 14.2. The van der Waals surface area contributed by atoms with Crippen molar-refractivity contribution in [3.8, 4) is 22.9 Å². The molecule has 8 heteroatoms. The van der Waals surface area contributed by atoms with Gasteiger partial charge in [0, 0.05) is 23.7 Å². The van der Waals surface area contributed by atoms with Gasteiger partial charge in [-0.2, -0.15) is 4.80 Å². The first-order valence-corrected chi connectivity index (χ1v) is 9.54. The second kappa shape index (κ2) is 8.30. The van der Waals surface area contributed by atoms with Gasteiger partial charge in [-0.15, -0.1) is 10.2 Å². The molecule has 150 valence electrons. The van der Waals surface area contributed by atoms with Gasteiger partial charge in [0.15, 0.2) is 0 Å². The summed E-state index contributed by atoms with van der Waals surface area (Å²) >= 11 is 0. The van der Waals surface area contributed by atoms with Gasteiger partial charge >= 0.3 is 0 Å². The summed E-state index contributed by atoms with van der Waals surface area (Å²) < 4.78 is 10.8. The van der Waals surface area contributed by atoms with Crippen molar-refractivity contribution in [2.75, 3.05) is 20.8 Å². The van der Waals surface area contributed by atoms with E-state index in [2.05, 4.69) is 15.4 Å². The number of ether oxygens (including phenoxy) is 2. The number of methoxy groups -OCH3 is 2. The number of carbonyl (C=O) groups is 1. The van der Waals surface area contributed by atoms with Crippen molar-refractivity contribution in [1.29, 1.82) is 0 Å². The standard InChI is InChI=1S/C21H23N5O3/c1-28-16-10-11-17(19(13-16)29-2)18-9-6-12-25(18)20(27)14-26-23-21(22-24-26)15-7-4-3-5-8-15/h3-5,7-8,10-11,13,18H,6,9,12,14H2,1-2H3. The Hall–Kier alpha value is -3.42. The molecule has 2 aromatic carbocycles. The van der Waals surface area contributed by atoms with Crippen LogP contribution in [-0.4, -0.2) is 51.8 Å². The molecule has 1 aromatic heterocycles. The molecule has 29 heavy (non-hydrogen) atoms. The molecule has 4 rings (SSSR count). The number of rotatable bonds is 6. The molecule has 1 amide bonds. The van der Waals surface area contributed by atoms with Gasteiger partial charge in [-0.25, -0.2) is 0 Å². The molecule has 0 bridgehead atoms. The highest BCUT2D eigenvalue weighted by Crippen LogP contribution is 2.38. The van der Waals surface area contributed by atoms with Crippen molar-refractivity contribution < 1.29 is 14.3 Å². The molecule has 8 nitrogen and oxygen atoms in total. The van der Waals surface area contributed by atoms with E-state index < -0.39 is 0 Å². The normalized spacial score (nSPS) is 16.1. The third kappa shape index (κ3) is 3.91. The smallest absolute Gasteiger partial charge is 0.246 e. The summed E-state index contributed by atoms with van der Waals surface area (Å²) in [5.74, 6) is 1.91. The predicted molar refractivity (Wildman–Crippen MR) is 106 cm³/mol. The van der Waals surface area contributed by atoms with Gasteiger partial charge in [0.05, 0.1) is 20.3 Å². The van der Waals surface area contributed by atoms with E-state index in [0.29, 0.717) is 12.4 Å². The summed E-state index contributed by atoms with van der Waals surface area (Å²) in [4.78, 5) is 16.2. The lowest BCUT2D eigenvalue weighted by molar-refractivity contribution is -0.133. The third-order valence-corrected chi connectivity index (χ3v) is 5.13. The molecule has 0 radical (unpaired) electrons. The maximum Gasteiger partial charge on any atom is 0.246 e. The van der Waals surface area contributed by atoms with Gasteiger partial charge in [0.1, 0.15) is 18.0 Å².